The third kappa shape index (κ3) is 3.16. The van der Waals surface area contributed by atoms with Crippen molar-refractivity contribution in [2.75, 3.05) is 7.11 Å². The second-order valence-corrected chi connectivity index (χ2v) is 3.88. The van der Waals surface area contributed by atoms with Crippen LogP contribution in [0.3, 0.4) is 0 Å². The lowest BCUT2D eigenvalue weighted by Crippen LogP contribution is -2.08. The summed E-state index contributed by atoms with van der Waals surface area (Å²) in [7, 11) is 1.63. The van der Waals surface area contributed by atoms with Crippen molar-refractivity contribution >= 4 is 28.8 Å². The van der Waals surface area contributed by atoms with Crippen LogP contribution in [0.5, 0.6) is 5.75 Å². The summed E-state index contributed by atoms with van der Waals surface area (Å²) in [6.07, 6.45) is 1.44. The van der Waals surface area contributed by atoms with Crippen molar-refractivity contribution in [1.29, 1.82) is 0 Å². The van der Waals surface area contributed by atoms with Crippen molar-refractivity contribution in [3.8, 4) is 5.75 Å². The van der Waals surface area contributed by atoms with Crippen molar-refractivity contribution in [1.82, 2.24) is 0 Å². The van der Waals surface area contributed by atoms with Gasteiger partial charge in [0, 0.05) is 11.4 Å². The third-order valence-corrected chi connectivity index (χ3v) is 2.32. The van der Waals surface area contributed by atoms with E-state index < -0.39 is 0 Å². The molecule has 1 aromatic rings. The number of ether oxygens (including phenoxy) is 1. The first kappa shape index (κ1) is 11.3. The second kappa shape index (κ2) is 5.17. The van der Waals surface area contributed by atoms with Gasteiger partial charge >= 0.3 is 0 Å². The molecular formula is C10H12ClNOS. The van der Waals surface area contributed by atoms with Crippen molar-refractivity contribution < 1.29 is 4.74 Å². The standard InChI is InChI=1S/C10H12ClNOS/c1-13-9-4-3-8(11)6-7(9)2-5-10(12)14/h3-4,6H,2,5H2,1H3,(H2,12,14). The number of thiocarbonyl (C=S) groups is 1. The van der Waals surface area contributed by atoms with E-state index in [-0.39, 0.29) is 0 Å². The molecule has 14 heavy (non-hydrogen) atoms. The van der Waals surface area contributed by atoms with Crippen molar-refractivity contribution in [2.24, 2.45) is 5.73 Å². The minimum atomic E-state index is 0.507. The second-order valence-electron chi connectivity index (χ2n) is 2.92. The largest absolute Gasteiger partial charge is 0.496 e. The highest BCUT2D eigenvalue weighted by Crippen LogP contribution is 2.23. The molecule has 0 spiro atoms. The van der Waals surface area contributed by atoms with E-state index in [1.165, 1.54) is 0 Å². The minimum absolute atomic E-state index is 0.507. The van der Waals surface area contributed by atoms with Gasteiger partial charge in [0.25, 0.3) is 0 Å². The fraction of sp³-hybridized carbons (Fsp3) is 0.300. The molecule has 1 aromatic carbocycles. The number of benzene rings is 1. The molecule has 0 bridgehead atoms. The molecule has 0 unspecified atom stereocenters. The van der Waals surface area contributed by atoms with Gasteiger partial charge in [-0.05, 0) is 30.2 Å². The molecule has 0 aliphatic heterocycles. The molecule has 0 aliphatic carbocycles. The van der Waals surface area contributed by atoms with E-state index in [0.29, 0.717) is 16.4 Å². The van der Waals surface area contributed by atoms with Gasteiger partial charge in [0.2, 0.25) is 0 Å². The van der Waals surface area contributed by atoms with Crippen LogP contribution in [0.2, 0.25) is 5.02 Å². The van der Waals surface area contributed by atoms with Crippen molar-refractivity contribution in [2.45, 2.75) is 12.8 Å². The molecule has 0 aromatic heterocycles. The highest BCUT2D eigenvalue weighted by atomic mass is 35.5. The Morgan fingerprint density at radius 1 is 1.57 bits per heavy atom. The van der Waals surface area contributed by atoms with E-state index >= 15 is 0 Å². The smallest absolute Gasteiger partial charge is 0.122 e. The third-order valence-electron chi connectivity index (χ3n) is 1.88. The zero-order valence-corrected chi connectivity index (χ0v) is 9.49. The molecule has 1 rings (SSSR count). The Balaban J connectivity index is 2.82. The summed E-state index contributed by atoms with van der Waals surface area (Å²) in [6.45, 7) is 0. The van der Waals surface area contributed by atoms with Crippen LogP contribution >= 0.6 is 23.8 Å². The van der Waals surface area contributed by atoms with Gasteiger partial charge in [-0.3, -0.25) is 0 Å². The number of nitrogens with two attached hydrogens (primary N) is 1. The summed E-state index contributed by atoms with van der Waals surface area (Å²) >= 11 is 10.7. The van der Waals surface area contributed by atoms with Crippen LogP contribution < -0.4 is 10.5 Å². The van der Waals surface area contributed by atoms with Crippen molar-refractivity contribution in [3.05, 3.63) is 28.8 Å². The zero-order chi connectivity index (χ0) is 10.6. The van der Waals surface area contributed by atoms with Gasteiger partial charge < -0.3 is 10.5 Å². The number of methoxy groups -OCH3 is 1. The van der Waals surface area contributed by atoms with Gasteiger partial charge in [-0.25, -0.2) is 0 Å². The van der Waals surface area contributed by atoms with E-state index in [2.05, 4.69) is 0 Å². The quantitative estimate of drug-likeness (QED) is 0.807. The highest BCUT2D eigenvalue weighted by molar-refractivity contribution is 7.80. The normalized spacial score (nSPS) is 9.86. The maximum Gasteiger partial charge on any atom is 0.122 e. The van der Waals surface area contributed by atoms with Gasteiger partial charge in [-0.1, -0.05) is 23.8 Å². The maximum absolute atomic E-state index is 5.87. The van der Waals surface area contributed by atoms with Crippen LogP contribution in [0.15, 0.2) is 18.2 Å². The summed E-state index contributed by atoms with van der Waals surface area (Å²) in [5.74, 6) is 0.825. The molecule has 76 valence electrons. The average molecular weight is 230 g/mol. The molecule has 2 nitrogen and oxygen atoms in total. The molecule has 0 atom stereocenters. The number of halogens is 1. The lowest BCUT2D eigenvalue weighted by molar-refractivity contribution is 0.410. The minimum Gasteiger partial charge on any atom is -0.496 e. The SMILES string of the molecule is COc1ccc(Cl)cc1CCC(N)=S. The van der Waals surface area contributed by atoms with Crippen LogP contribution in [0.1, 0.15) is 12.0 Å². The Kier molecular flexibility index (Phi) is 4.17. The van der Waals surface area contributed by atoms with E-state index in [4.69, 9.17) is 34.3 Å². The molecule has 2 N–H and O–H groups in total. The Morgan fingerprint density at radius 3 is 2.86 bits per heavy atom. The van der Waals surface area contributed by atoms with E-state index in [1.54, 1.807) is 13.2 Å². The Hall–Kier alpha value is -0.800. The Morgan fingerprint density at radius 2 is 2.29 bits per heavy atom. The monoisotopic (exact) mass is 229 g/mol. The van der Waals surface area contributed by atoms with Gasteiger partial charge in [0.15, 0.2) is 0 Å². The fourth-order valence-electron chi connectivity index (χ4n) is 1.20. The van der Waals surface area contributed by atoms with E-state index in [1.807, 2.05) is 12.1 Å². The van der Waals surface area contributed by atoms with Gasteiger partial charge in [-0.15, -0.1) is 0 Å². The van der Waals surface area contributed by atoms with Crippen LogP contribution in [0.4, 0.5) is 0 Å². The highest BCUT2D eigenvalue weighted by Gasteiger charge is 2.03. The average Bonchev–Trinajstić information content (AvgIpc) is 2.15. The summed E-state index contributed by atoms with van der Waals surface area (Å²) in [5, 5.41) is 0.698. The van der Waals surface area contributed by atoms with Crippen LogP contribution in [0, 0.1) is 0 Å². The fourth-order valence-corrected chi connectivity index (χ4v) is 1.50. The molecule has 0 heterocycles. The lowest BCUT2D eigenvalue weighted by atomic mass is 10.1. The number of hydrogen-bond donors (Lipinski definition) is 1. The van der Waals surface area contributed by atoms with E-state index in [0.717, 1.165) is 17.7 Å². The summed E-state index contributed by atoms with van der Waals surface area (Å²) < 4.78 is 5.19. The molecule has 0 fully saturated rings. The zero-order valence-electron chi connectivity index (χ0n) is 7.92. The number of hydrogen-bond acceptors (Lipinski definition) is 2. The van der Waals surface area contributed by atoms with E-state index in [9.17, 15) is 0 Å². The molecule has 0 saturated heterocycles. The van der Waals surface area contributed by atoms with Gasteiger partial charge in [0.1, 0.15) is 5.75 Å². The van der Waals surface area contributed by atoms with Gasteiger partial charge in [0.05, 0.1) is 12.1 Å². The predicted octanol–water partition coefficient (Wildman–Crippen LogP) is 2.57. The molecule has 0 aliphatic rings. The summed E-state index contributed by atoms with van der Waals surface area (Å²) in [5.41, 5.74) is 6.46. The maximum atomic E-state index is 5.87. The molecule has 0 saturated carbocycles. The summed E-state index contributed by atoms with van der Waals surface area (Å²) in [4.78, 5) is 0.507. The number of aryl methyl sites for hydroxylation is 1. The predicted molar refractivity (Wildman–Crippen MR) is 63.1 cm³/mol. The first-order valence-electron chi connectivity index (χ1n) is 4.24. The molecule has 0 amide bonds. The Bertz CT molecular complexity index is 341. The first-order chi connectivity index (χ1) is 6.63. The summed E-state index contributed by atoms with van der Waals surface area (Å²) in [6, 6.07) is 5.51. The van der Waals surface area contributed by atoms with Crippen LogP contribution in [0.25, 0.3) is 0 Å². The first-order valence-corrected chi connectivity index (χ1v) is 5.03. The van der Waals surface area contributed by atoms with Crippen LogP contribution in [-0.4, -0.2) is 12.1 Å². The van der Waals surface area contributed by atoms with Crippen LogP contribution in [-0.2, 0) is 6.42 Å². The molecular weight excluding hydrogens is 218 g/mol. The topological polar surface area (TPSA) is 35.2 Å². The Labute approximate surface area is 94.0 Å². The van der Waals surface area contributed by atoms with Gasteiger partial charge in [-0.2, -0.15) is 0 Å². The molecule has 4 heteroatoms. The van der Waals surface area contributed by atoms with Crippen molar-refractivity contribution in [3.63, 3.8) is 0 Å². The lowest BCUT2D eigenvalue weighted by Gasteiger charge is -2.08. The number of rotatable bonds is 4. The molecule has 0 radical (unpaired) electrons.